The first-order chi connectivity index (χ1) is 15.6. The van der Waals surface area contributed by atoms with Crippen molar-refractivity contribution in [3.63, 3.8) is 0 Å². The molecule has 2 aromatic rings. The van der Waals surface area contributed by atoms with Crippen molar-refractivity contribution >= 4 is 13.6 Å². The number of ether oxygens (including phenoxy) is 2. The Morgan fingerprint density at radius 1 is 1.15 bits per heavy atom. The van der Waals surface area contributed by atoms with Crippen LogP contribution in [0.15, 0.2) is 22.9 Å². The molecular weight excluding hydrogens is 449 g/mol. The molecule has 184 valence electrons. The van der Waals surface area contributed by atoms with Crippen molar-refractivity contribution in [2.75, 3.05) is 19.8 Å². The first kappa shape index (κ1) is 27.0. The molecule has 0 radical (unpaired) electrons. The lowest BCUT2D eigenvalue weighted by molar-refractivity contribution is -0.154. The van der Waals surface area contributed by atoms with Crippen LogP contribution in [0.3, 0.4) is 0 Å². The molecule has 10 nitrogen and oxygen atoms in total. The van der Waals surface area contributed by atoms with Crippen LogP contribution in [0.1, 0.15) is 60.3 Å². The number of nitrogens with zero attached hydrogens (tertiary/aromatic N) is 3. The Balaban J connectivity index is 2.23. The van der Waals surface area contributed by atoms with Gasteiger partial charge in [-0.2, -0.15) is 4.98 Å². The molecule has 0 aliphatic heterocycles. The van der Waals surface area contributed by atoms with Crippen LogP contribution in [-0.4, -0.2) is 52.2 Å². The van der Waals surface area contributed by atoms with E-state index in [-0.39, 0.29) is 31.3 Å². The molecule has 0 aliphatic carbocycles. The van der Waals surface area contributed by atoms with E-state index in [0.717, 1.165) is 12.8 Å². The minimum absolute atomic E-state index is 0.101. The number of aromatic nitrogens is 3. The second-order valence-electron chi connectivity index (χ2n) is 8.23. The van der Waals surface area contributed by atoms with Crippen molar-refractivity contribution in [2.24, 2.45) is 0 Å². The van der Waals surface area contributed by atoms with Crippen LogP contribution < -0.4 is 4.74 Å². The summed E-state index contributed by atoms with van der Waals surface area (Å²) in [6.07, 6.45) is 3.40. The van der Waals surface area contributed by atoms with Crippen molar-refractivity contribution in [2.45, 2.75) is 72.1 Å². The van der Waals surface area contributed by atoms with Crippen LogP contribution in [0, 0.1) is 0 Å². The zero-order chi connectivity index (χ0) is 24.5. The fourth-order valence-corrected chi connectivity index (χ4v) is 4.66. The van der Waals surface area contributed by atoms with E-state index in [0.29, 0.717) is 18.1 Å². The van der Waals surface area contributed by atoms with Crippen LogP contribution in [-0.2, 0) is 29.6 Å². The lowest BCUT2D eigenvalue weighted by Crippen LogP contribution is -2.34. The molecule has 0 aromatic carbocycles. The van der Waals surface area contributed by atoms with Crippen LogP contribution >= 0.6 is 7.60 Å². The monoisotopic (exact) mass is 483 g/mol. The molecule has 2 rings (SSSR count). The SMILES string of the molecule is CCCCOc1ccc(-c2noc(CC(C(=O)OC(C)(C)C)P(=O)(OCC)OCC)n2)cn1. The molecule has 33 heavy (non-hydrogen) atoms. The zero-order valence-electron chi connectivity index (χ0n) is 20.2. The van der Waals surface area contributed by atoms with Gasteiger partial charge < -0.3 is 23.0 Å². The van der Waals surface area contributed by atoms with Crippen molar-refractivity contribution in [3.05, 3.63) is 24.2 Å². The molecule has 2 aromatic heterocycles. The summed E-state index contributed by atoms with van der Waals surface area (Å²) in [4.78, 5) is 21.5. The van der Waals surface area contributed by atoms with Crippen LogP contribution in [0.4, 0.5) is 0 Å². The van der Waals surface area contributed by atoms with Gasteiger partial charge in [0.25, 0.3) is 0 Å². The largest absolute Gasteiger partial charge is 0.478 e. The molecule has 0 saturated heterocycles. The van der Waals surface area contributed by atoms with Crippen LogP contribution in [0.2, 0.25) is 0 Å². The second kappa shape index (κ2) is 12.3. The molecule has 1 unspecified atom stereocenters. The van der Waals surface area contributed by atoms with Gasteiger partial charge in [0.05, 0.1) is 26.2 Å². The maximum Gasteiger partial charge on any atom is 0.345 e. The van der Waals surface area contributed by atoms with Gasteiger partial charge in [-0.1, -0.05) is 18.5 Å². The molecule has 1 atom stereocenters. The summed E-state index contributed by atoms with van der Waals surface area (Å²) in [5.41, 5.74) is -1.43. The van der Waals surface area contributed by atoms with Gasteiger partial charge >= 0.3 is 13.6 Å². The molecule has 11 heteroatoms. The van der Waals surface area contributed by atoms with Crippen molar-refractivity contribution < 1.29 is 32.4 Å². The van der Waals surface area contributed by atoms with Gasteiger partial charge in [0.15, 0.2) is 5.66 Å². The number of carbonyl (C=O) groups excluding carboxylic acids is 1. The molecule has 0 amide bonds. The molecule has 0 saturated carbocycles. The van der Waals surface area contributed by atoms with Crippen molar-refractivity contribution in [1.29, 1.82) is 0 Å². The third-order valence-corrected chi connectivity index (χ3v) is 6.65. The Bertz CT molecular complexity index is 915. The fraction of sp³-hybridized carbons (Fsp3) is 0.636. The summed E-state index contributed by atoms with van der Waals surface area (Å²) in [6.45, 7) is 11.4. The third-order valence-electron chi connectivity index (χ3n) is 4.26. The molecule has 0 aliphatic rings. The Morgan fingerprint density at radius 2 is 1.85 bits per heavy atom. The van der Waals surface area contributed by atoms with E-state index in [1.165, 1.54) is 0 Å². The Labute approximate surface area is 194 Å². The van der Waals surface area contributed by atoms with Gasteiger partial charge in [-0.05, 0) is 47.1 Å². The van der Waals surface area contributed by atoms with E-state index in [9.17, 15) is 9.36 Å². The quantitative estimate of drug-likeness (QED) is 0.222. The predicted molar refractivity (Wildman–Crippen MR) is 122 cm³/mol. The van der Waals surface area contributed by atoms with E-state index >= 15 is 0 Å². The Hall–Kier alpha value is -2.29. The highest BCUT2D eigenvalue weighted by Crippen LogP contribution is 2.54. The summed E-state index contributed by atoms with van der Waals surface area (Å²) < 4.78 is 40.6. The molecule has 0 N–H and O–H groups in total. The lowest BCUT2D eigenvalue weighted by atomic mass is 10.2. The fourth-order valence-electron chi connectivity index (χ4n) is 2.81. The zero-order valence-corrected chi connectivity index (χ0v) is 21.1. The molecule has 0 spiro atoms. The van der Waals surface area contributed by atoms with Crippen LogP contribution in [0.5, 0.6) is 5.88 Å². The molecule has 2 heterocycles. The Morgan fingerprint density at radius 3 is 2.39 bits per heavy atom. The van der Waals surface area contributed by atoms with Gasteiger partial charge in [-0.3, -0.25) is 9.36 Å². The maximum atomic E-state index is 13.4. The summed E-state index contributed by atoms with van der Waals surface area (Å²) in [7, 11) is -3.85. The predicted octanol–water partition coefficient (Wildman–Crippen LogP) is 4.83. The highest BCUT2D eigenvalue weighted by atomic mass is 31.2. The standard InChI is InChI=1S/C22H34N3O7P/c1-7-10-13-28-18-12-11-16(15-23-18)20-24-19(32-25-20)14-17(21(26)31-22(4,5)6)33(27,29-8-2)30-9-3/h11-12,15,17H,7-10,13-14H2,1-6H3. The van der Waals surface area contributed by atoms with Gasteiger partial charge in [0, 0.05) is 17.8 Å². The summed E-state index contributed by atoms with van der Waals surface area (Å²) >= 11 is 0. The number of hydrogen-bond acceptors (Lipinski definition) is 10. The summed E-state index contributed by atoms with van der Waals surface area (Å²) in [5, 5.41) is 3.96. The van der Waals surface area contributed by atoms with E-state index in [1.807, 2.05) is 0 Å². The van der Waals surface area contributed by atoms with E-state index in [1.54, 1.807) is 52.9 Å². The maximum absolute atomic E-state index is 13.4. The van der Waals surface area contributed by atoms with Gasteiger partial charge in [0.2, 0.25) is 17.6 Å². The average molecular weight is 484 g/mol. The topological polar surface area (TPSA) is 123 Å². The highest BCUT2D eigenvalue weighted by Gasteiger charge is 2.44. The first-order valence-corrected chi connectivity index (χ1v) is 12.8. The first-order valence-electron chi connectivity index (χ1n) is 11.1. The number of pyridine rings is 1. The molecular formula is C22H34N3O7P. The molecule has 0 fully saturated rings. The highest BCUT2D eigenvalue weighted by molar-refractivity contribution is 7.55. The van der Waals surface area contributed by atoms with Crippen molar-refractivity contribution in [3.8, 4) is 17.3 Å². The van der Waals surface area contributed by atoms with Gasteiger partial charge in [-0.25, -0.2) is 4.98 Å². The number of carbonyl (C=O) groups is 1. The van der Waals surface area contributed by atoms with Crippen molar-refractivity contribution in [1.82, 2.24) is 15.1 Å². The van der Waals surface area contributed by atoms with Gasteiger partial charge in [0.1, 0.15) is 5.60 Å². The third kappa shape index (κ3) is 8.21. The van der Waals surface area contributed by atoms with E-state index in [2.05, 4.69) is 22.0 Å². The van der Waals surface area contributed by atoms with E-state index < -0.39 is 24.8 Å². The Kier molecular flexibility index (Phi) is 10.0. The second-order valence-corrected chi connectivity index (χ2v) is 10.4. The number of hydrogen-bond donors (Lipinski definition) is 0. The summed E-state index contributed by atoms with van der Waals surface area (Å²) in [6, 6.07) is 3.49. The smallest absolute Gasteiger partial charge is 0.345 e. The molecule has 0 bridgehead atoms. The average Bonchev–Trinajstić information content (AvgIpc) is 3.20. The van der Waals surface area contributed by atoms with E-state index in [4.69, 9.17) is 23.0 Å². The van der Waals surface area contributed by atoms with Gasteiger partial charge in [-0.15, -0.1) is 0 Å². The minimum Gasteiger partial charge on any atom is -0.478 e. The lowest BCUT2D eigenvalue weighted by Gasteiger charge is -2.27. The number of esters is 1. The number of rotatable bonds is 13. The minimum atomic E-state index is -3.85. The van der Waals surface area contributed by atoms with Crippen LogP contribution in [0.25, 0.3) is 11.4 Å². The summed E-state index contributed by atoms with van der Waals surface area (Å²) in [5.74, 6) is 0.171. The normalized spacial score (nSPS) is 13.0. The number of unbranched alkanes of at least 4 members (excludes halogenated alkanes) is 1.